The molecule has 0 unspecified atom stereocenters. The normalized spacial score (nSPS) is 18.0. The van der Waals surface area contributed by atoms with Crippen molar-refractivity contribution in [2.75, 3.05) is 5.32 Å². The molecule has 0 fully saturated rings. The van der Waals surface area contributed by atoms with Crippen LogP contribution in [-0.4, -0.2) is 15.7 Å². The predicted octanol–water partition coefficient (Wildman–Crippen LogP) is 4.42. The van der Waals surface area contributed by atoms with Gasteiger partial charge in [-0.05, 0) is 38.5 Å². The second-order valence-corrected chi connectivity index (χ2v) is 7.35. The van der Waals surface area contributed by atoms with Gasteiger partial charge in [-0.1, -0.05) is 29.3 Å². The third-order valence-corrected chi connectivity index (χ3v) is 4.36. The van der Waals surface area contributed by atoms with Crippen molar-refractivity contribution in [3.8, 4) is 0 Å². The summed E-state index contributed by atoms with van der Waals surface area (Å²) in [4.78, 5) is 12.1. The van der Waals surface area contributed by atoms with Gasteiger partial charge < -0.3 is 5.32 Å². The van der Waals surface area contributed by atoms with Gasteiger partial charge in [-0.3, -0.25) is 4.79 Å². The van der Waals surface area contributed by atoms with E-state index in [2.05, 4.69) is 10.4 Å². The zero-order chi connectivity index (χ0) is 16.1. The number of fused-ring (bicyclic) bond motifs is 1. The highest BCUT2D eigenvalue weighted by Crippen LogP contribution is 2.41. The van der Waals surface area contributed by atoms with E-state index in [0.717, 1.165) is 16.9 Å². The van der Waals surface area contributed by atoms with Gasteiger partial charge in [-0.15, -0.1) is 0 Å². The fourth-order valence-corrected chi connectivity index (χ4v) is 3.33. The van der Waals surface area contributed by atoms with Crippen molar-refractivity contribution in [1.82, 2.24) is 9.78 Å². The quantitative estimate of drug-likeness (QED) is 0.837. The maximum Gasteiger partial charge on any atom is 0.226 e. The molecular weight excluding hydrogens is 321 g/mol. The molecule has 1 aliphatic rings. The highest BCUT2D eigenvalue weighted by atomic mass is 35.5. The summed E-state index contributed by atoms with van der Waals surface area (Å²) < 4.78 is 1.84. The molecule has 1 aromatic carbocycles. The van der Waals surface area contributed by atoms with Crippen molar-refractivity contribution in [2.45, 2.75) is 38.6 Å². The number of benzene rings is 1. The number of rotatable bonds is 1. The highest BCUT2D eigenvalue weighted by molar-refractivity contribution is 6.35. The Bertz CT molecular complexity index is 746. The van der Waals surface area contributed by atoms with E-state index in [1.165, 1.54) is 0 Å². The summed E-state index contributed by atoms with van der Waals surface area (Å²) in [5.41, 5.74) is 1.67. The largest absolute Gasteiger partial charge is 0.311 e. The lowest BCUT2D eigenvalue weighted by Crippen LogP contribution is -2.30. The molecule has 1 atom stereocenters. The van der Waals surface area contributed by atoms with E-state index in [-0.39, 0.29) is 17.4 Å². The van der Waals surface area contributed by atoms with Crippen molar-refractivity contribution in [3.63, 3.8) is 0 Å². The molecule has 1 N–H and O–H groups in total. The minimum absolute atomic E-state index is 0.0329. The van der Waals surface area contributed by atoms with Crippen LogP contribution in [0.5, 0.6) is 0 Å². The molecule has 0 aliphatic carbocycles. The lowest BCUT2D eigenvalue weighted by atomic mass is 9.87. The molecule has 0 saturated carbocycles. The van der Waals surface area contributed by atoms with Gasteiger partial charge in [0.1, 0.15) is 5.82 Å². The Labute approximate surface area is 139 Å². The summed E-state index contributed by atoms with van der Waals surface area (Å²) in [5.74, 6) is 0.610. The van der Waals surface area contributed by atoms with Crippen LogP contribution in [0.1, 0.15) is 44.2 Å². The van der Waals surface area contributed by atoms with Gasteiger partial charge in [0.15, 0.2) is 0 Å². The Balaban J connectivity index is 2.13. The fraction of sp³-hybridized carbons (Fsp3) is 0.375. The van der Waals surface area contributed by atoms with Crippen LogP contribution in [0.3, 0.4) is 0 Å². The smallest absolute Gasteiger partial charge is 0.226 e. The van der Waals surface area contributed by atoms with Crippen LogP contribution >= 0.6 is 23.2 Å². The van der Waals surface area contributed by atoms with E-state index in [1.807, 2.05) is 37.7 Å². The average Bonchev–Trinajstić information content (AvgIpc) is 2.81. The van der Waals surface area contributed by atoms with E-state index in [1.54, 1.807) is 12.1 Å². The maximum atomic E-state index is 12.1. The molecule has 3 rings (SSSR count). The number of hydrogen-bond acceptors (Lipinski definition) is 2. The first-order valence-corrected chi connectivity index (χ1v) is 7.86. The topological polar surface area (TPSA) is 46.9 Å². The van der Waals surface area contributed by atoms with Gasteiger partial charge in [0.05, 0.1) is 11.7 Å². The van der Waals surface area contributed by atoms with Crippen LogP contribution in [0.15, 0.2) is 24.4 Å². The number of nitrogens with zero attached hydrogens (tertiary/aromatic N) is 2. The summed E-state index contributed by atoms with van der Waals surface area (Å²) in [5, 5.41) is 8.55. The first-order chi connectivity index (χ1) is 10.3. The first kappa shape index (κ1) is 15.4. The van der Waals surface area contributed by atoms with Crippen LogP contribution in [0, 0.1) is 0 Å². The van der Waals surface area contributed by atoms with Crippen molar-refractivity contribution in [3.05, 3.63) is 45.6 Å². The van der Waals surface area contributed by atoms with E-state index >= 15 is 0 Å². The number of carbonyl (C=O) groups is 1. The molecule has 1 aliphatic heterocycles. The van der Waals surface area contributed by atoms with Crippen LogP contribution < -0.4 is 5.32 Å². The van der Waals surface area contributed by atoms with Gasteiger partial charge in [0.25, 0.3) is 0 Å². The number of hydrogen-bond donors (Lipinski definition) is 1. The summed E-state index contributed by atoms with van der Waals surface area (Å²) >= 11 is 12.3. The van der Waals surface area contributed by atoms with Crippen LogP contribution in [0.25, 0.3) is 0 Å². The number of aromatic nitrogens is 2. The molecule has 116 valence electrons. The lowest BCUT2D eigenvalue weighted by Gasteiger charge is -2.28. The molecule has 6 heteroatoms. The minimum Gasteiger partial charge on any atom is -0.311 e. The lowest BCUT2D eigenvalue weighted by molar-refractivity contribution is -0.116. The number of carbonyl (C=O) groups excluding carboxylic acids is 1. The maximum absolute atomic E-state index is 12.1. The standard InChI is InChI=1S/C16H17Cl2N3O/c1-16(2,3)21-15-12(8-19-21)11(7-14(22)20-15)10-5-4-9(17)6-13(10)18/h4-6,8,11H,7H2,1-3H3,(H,20,22)/t11-/m1/s1. The second kappa shape index (κ2) is 5.28. The van der Waals surface area contributed by atoms with E-state index < -0.39 is 0 Å². The molecular formula is C16H17Cl2N3O. The third-order valence-electron chi connectivity index (χ3n) is 3.79. The Morgan fingerprint density at radius 3 is 2.64 bits per heavy atom. The molecule has 22 heavy (non-hydrogen) atoms. The Morgan fingerprint density at radius 1 is 1.27 bits per heavy atom. The number of nitrogens with one attached hydrogen (secondary N) is 1. The molecule has 1 amide bonds. The molecule has 0 radical (unpaired) electrons. The Kier molecular flexibility index (Phi) is 3.69. The molecule has 1 aromatic heterocycles. The molecule has 0 bridgehead atoms. The molecule has 0 saturated heterocycles. The van der Waals surface area contributed by atoms with Gasteiger partial charge in [0.2, 0.25) is 5.91 Å². The molecule has 2 heterocycles. The average molecular weight is 338 g/mol. The van der Waals surface area contributed by atoms with Crippen LogP contribution in [0.4, 0.5) is 5.82 Å². The first-order valence-electron chi connectivity index (χ1n) is 7.10. The van der Waals surface area contributed by atoms with Crippen molar-refractivity contribution < 1.29 is 4.79 Å². The van der Waals surface area contributed by atoms with E-state index in [0.29, 0.717) is 16.5 Å². The zero-order valence-electron chi connectivity index (χ0n) is 12.7. The van der Waals surface area contributed by atoms with Crippen molar-refractivity contribution in [1.29, 1.82) is 0 Å². The Morgan fingerprint density at radius 2 is 2.00 bits per heavy atom. The van der Waals surface area contributed by atoms with E-state index in [4.69, 9.17) is 23.2 Å². The SMILES string of the molecule is CC(C)(C)n1ncc2c1NC(=O)C[C@@H]2c1ccc(Cl)cc1Cl. The predicted molar refractivity (Wildman–Crippen MR) is 88.8 cm³/mol. The molecule has 2 aromatic rings. The fourth-order valence-electron chi connectivity index (χ4n) is 2.79. The monoisotopic (exact) mass is 337 g/mol. The molecule has 0 spiro atoms. The van der Waals surface area contributed by atoms with Crippen molar-refractivity contribution in [2.24, 2.45) is 0 Å². The second-order valence-electron chi connectivity index (χ2n) is 6.50. The Hall–Kier alpha value is -1.52. The van der Waals surface area contributed by atoms with Crippen molar-refractivity contribution >= 4 is 34.9 Å². The summed E-state index contributed by atoms with van der Waals surface area (Å²) in [6, 6.07) is 5.38. The van der Waals surface area contributed by atoms with Gasteiger partial charge in [0, 0.05) is 27.9 Å². The number of amides is 1. The van der Waals surface area contributed by atoms with Crippen LogP contribution in [-0.2, 0) is 10.3 Å². The summed E-state index contributed by atoms with van der Waals surface area (Å²) in [7, 11) is 0. The van der Waals surface area contributed by atoms with Gasteiger partial charge >= 0.3 is 0 Å². The minimum atomic E-state index is -0.216. The van der Waals surface area contributed by atoms with E-state index in [9.17, 15) is 4.79 Å². The summed E-state index contributed by atoms with van der Waals surface area (Å²) in [6.07, 6.45) is 2.17. The highest BCUT2D eigenvalue weighted by Gasteiger charge is 2.33. The number of halogens is 2. The van der Waals surface area contributed by atoms with Gasteiger partial charge in [-0.2, -0.15) is 5.10 Å². The zero-order valence-corrected chi connectivity index (χ0v) is 14.2. The summed E-state index contributed by atoms with van der Waals surface area (Å²) in [6.45, 7) is 6.14. The third kappa shape index (κ3) is 2.61. The molecule has 4 nitrogen and oxygen atoms in total. The van der Waals surface area contributed by atoms with Gasteiger partial charge in [-0.25, -0.2) is 4.68 Å². The number of anilines is 1. The van der Waals surface area contributed by atoms with Crippen LogP contribution in [0.2, 0.25) is 10.0 Å².